The minimum absolute atomic E-state index is 0.152. The molecule has 4 heterocycles. The summed E-state index contributed by atoms with van der Waals surface area (Å²) in [5, 5.41) is 12.2. The molecule has 1 unspecified atom stereocenters. The number of methoxy groups -OCH3 is 1. The number of fused-ring (bicyclic) bond motifs is 4. The Morgan fingerprint density at radius 1 is 1.44 bits per heavy atom. The second-order valence-corrected chi connectivity index (χ2v) is 8.15. The first-order valence-electron chi connectivity index (χ1n) is 8.77. The van der Waals surface area contributed by atoms with Crippen LogP contribution < -0.4 is 4.74 Å². The smallest absolute Gasteiger partial charge is 0.119 e. The van der Waals surface area contributed by atoms with Crippen molar-refractivity contribution in [2.45, 2.75) is 25.0 Å². The first-order valence-corrected chi connectivity index (χ1v) is 9.57. The molecule has 2 bridgehead atoms. The molecule has 3 aliphatic heterocycles. The number of ether oxygens (including phenoxy) is 1. The lowest BCUT2D eigenvalue weighted by Crippen LogP contribution is -2.55. The average molecular weight is 403 g/mol. The molecule has 0 aliphatic carbocycles. The van der Waals surface area contributed by atoms with E-state index >= 15 is 0 Å². The van der Waals surface area contributed by atoms with Crippen LogP contribution in [0.1, 0.15) is 24.5 Å². The highest BCUT2D eigenvalue weighted by Gasteiger charge is 2.43. The molecule has 1 aromatic heterocycles. The molecule has 5 heteroatoms. The molecule has 2 aromatic rings. The van der Waals surface area contributed by atoms with E-state index in [0.717, 1.165) is 46.2 Å². The summed E-state index contributed by atoms with van der Waals surface area (Å²) in [6, 6.07) is 7.92. The Kier molecular flexibility index (Phi) is 4.56. The Balaban J connectivity index is 1.67. The fraction of sp³-hybridized carbons (Fsp3) is 0.450. The third-order valence-electron chi connectivity index (χ3n) is 5.87. The number of aliphatic hydroxyl groups is 1. The van der Waals surface area contributed by atoms with Crippen molar-refractivity contribution in [3.8, 4) is 5.75 Å². The predicted octanol–water partition coefficient (Wildman–Crippen LogP) is 3.90. The molecule has 0 amide bonds. The summed E-state index contributed by atoms with van der Waals surface area (Å²) in [5.74, 6) is 1.88. The van der Waals surface area contributed by atoms with E-state index in [2.05, 4.69) is 32.4 Å². The van der Waals surface area contributed by atoms with Crippen molar-refractivity contribution in [3.05, 3.63) is 47.1 Å². The number of piperidine rings is 3. The van der Waals surface area contributed by atoms with Gasteiger partial charge in [-0.25, -0.2) is 0 Å². The third-order valence-corrected chi connectivity index (χ3v) is 6.46. The molecule has 1 N–H and O–H groups in total. The second kappa shape index (κ2) is 6.71. The van der Waals surface area contributed by atoms with Crippen molar-refractivity contribution in [2.24, 2.45) is 11.8 Å². The molecule has 25 heavy (non-hydrogen) atoms. The van der Waals surface area contributed by atoms with Gasteiger partial charge in [-0.2, -0.15) is 0 Å². The minimum Gasteiger partial charge on any atom is -0.497 e. The number of rotatable bonds is 4. The van der Waals surface area contributed by atoms with Crippen LogP contribution in [0, 0.1) is 11.8 Å². The summed E-state index contributed by atoms with van der Waals surface area (Å²) in [4.78, 5) is 6.85. The van der Waals surface area contributed by atoms with Crippen LogP contribution in [0.4, 0.5) is 0 Å². The van der Waals surface area contributed by atoms with Gasteiger partial charge in [0.05, 0.1) is 18.7 Å². The second-order valence-electron chi connectivity index (χ2n) is 7.13. The summed E-state index contributed by atoms with van der Waals surface area (Å²) in [6.45, 7) is 6.12. The Morgan fingerprint density at radius 3 is 2.96 bits per heavy atom. The molecule has 5 rings (SSSR count). The number of nitrogens with zero attached hydrogens (tertiary/aromatic N) is 2. The lowest BCUT2D eigenvalue weighted by atomic mass is 9.73. The van der Waals surface area contributed by atoms with E-state index in [-0.39, 0.29) is 6.04 Å². The quantitative estimate of drug-likeness (QED) is 0.842. The lowest BCUT2D eigenvalue weighted by Gasteiger charge is -2.51. The van der Waals surface area contributed by atoms with Gasteiger partial charge in [-0.05, 0) is 59.6 Å². The molecular formula is C20H23BrN2O2. The summed E-state index contributed by atoms with van der Waals surface area (Å²) < 4.78 is 6.45. The first kappa shape index (κ1) is 17.0. The summed E-state index contributed by atoms with van der Waals surface area (Å²) in [5.41, 5.74) is 1.83. The number of hydrogen-bond donors (Lipinski definition) is 1. The number of benzene rings is 1. The number of hydrogen-bond acceptors (Lipinski definition) is 4. The molecular weight excluding hydrogens is 380 g/mol. The monoisotopic (exact) mass is 402 g/mol. The van der Waals surface area contributed by atoms with Gasteiger partial charge in [0.15, 0.2) is 0 Å². The van der Waals surface area contributed by atoms with Crippen LogP contribution in [0.3, 0.4) is 0 Å². The van der Waals surface area contributed by atoms with Gasteiger partial charge < -0.3 is 9.84 Å². The zero-order chi connectivity index (χ0) is 17.6. The van der Waals surface area contributed by atoms with Gasteiger partial charge in [-0.15, -0.1) is 0 Å². The zero-order valence-corrected chi connectivity index (χ0v) is 15.9. The SMILES string of the molecule is C=C(Br)[C@H]1CN2CC[C@H]1C[C@H]2[C@H](O)c1ccnc2ccc(OC)cc12. The highest BCUT2D eigenvalue weighted by atomic mass is 79.9. The predicted molar refractivity (Wildman–Crippen MR) is 103 cm³/mol. The van der Waals surface area contributed by atoms with Gasteiger partial charge in [0.2, 0.25) is 0 Å². The molecule has 132 valence electrons. The van der Waals surface area contributed by atoms with Crippen LogP contribution in [0.2, 0.25) is 0 Å². The van der Waals surface area contributed by atoms with Crippen molar-refractivity contribution in [2.75, 3.05) is 20.2 Å². The van der Waals surface area contributed by atoms with Gasteiger partial charge >= 0.3 is 0 Å². The van der Waals surface area contributed by atoms with Crippen molar-refractivity contribution >= 4 is 26.8 Å². The maximum absolute atomic E-state index is 11.2. The highest BCUT2D eigenvalue weighted by Crippen LogP contribution is 2.44. The van der Waals surface area contributed by atoms with Crippen molar-refractivity contribution in [1.29, 1.82) is 0 Å². The average Bonchev–Trinajstić information content (AvgIpc) is 2.66. The molecule has 1 aromatic carbocycles. The van der Waals surface area contributed by atoms with Gasteiger partial charge in [0.1, 0.15) is 5.75 Å². The van der Waals surface area contributed by atoms with Gasteiger partial charge in [-0.1, -0.05) is 22.5 Å². The number of pyridine rings is 1. The largest absolute Gasteiger partial charge is 0.497 e. The maximum atomic E-state index is 11.2. The van der Waals surface area contributed by atoms with E-state index < -0.39 is 6.10 Å². The van der Waals surface area contributed by atoms with Crippen molar-refractivity contribution in [1.82, 2.24) is 9.88 Å². The van der Waals surface area contributed by atoms with E-state index in [1.165, 1.54) is 6.42 Å². The lowest BCUT2D eigenvalue weighted by molar-refractivity contribution is -0.0451. The molecule has 3 fully saturated rings. The number of aromatic nitrogens is 1. The summed E-state index contributed by atoms with van der Waals surface area (Å²) in [7, 11) is 1.66. The molecule has 3 aliphatic rings. The highest BCUT2D eigenvalue weighted by molar-refractivity contribution is 9.11. The van der Waals surface area contributed by atoms with Crippen LogP contribution in [-0.4, -0.2) is 41.2 Å². The normalized spacial score (nSPS) is 29.6. The molecule has 4 nitrogen and oxygen atoms in total. The van der Waals surface area contributed by atoms with Crippen LogP contribution >= 0.6 is 15.9 Å². The van der Waals surface area contributed by atoms with E-state index in [9.17, 15) is 5.11 Å². The summed E-state index contributed by atoms with van der Waals surface area (Å²) in [6.07, 6.45) is 3.45. The fourth-order valence-electron chi connectivity index (χ4n) is 4.49. The number of aliphatic hydroxyl groups excluding tert-OH is 1. The van der Waals surface area contributed by atoms with Crippen molar-refractivity contribution in [3.63, 3.8) is 0 Å². The topological polar surface area (TPSA) is 45.6 Å². The van der Waals surface area contributed by atoms with Gasteiger partial charge in [0.25, 0.3) is 0 Å². The molecule has 0 radical (unpaired) electrons. The van der Waals surface area contributed by atoms with Crippen LogP contribution in [-0.2, 0) is 0 Å². The Bertz CT molecular complexity index is 809. The van der Waals surface area contributed by atoms with E-state index in [1.54, 1.807) is 13.3 Å². The van der Waals surface area contributed by atoms with Crippen molar-refractivity contribution < 1.29 is 9.84 Å². The molecule has 0 saturated carbocycles. The zero-order valence-electron chi connectivity index (χ0n) is 14.4. The first-order chi connectivity index (χ1) is 12.1. The standard InChI is InChI=1S/C20H23BrN2O2/c1-12(21)17-11-23-8-6-13(17)9-19(23)20(24)15-5-7-22-18-4-3-14(25-2)10-16(15)18/h3-5,7,10,13,17,19-20,24H,1,6,8-9,11H2,2H3/t13-,17+,19-,20+/m0/s1. The summed E-state index contributed by atoms with van der Waals surface area (Å²) >= 11 is 3.58. The van der Waals surface area contributed by atoms with Crippen LogP contribution in [0.25, 0.3) is 10.9 Å². The molecule has 5 atom stereocenters. The number of halogens is 1. The fourth-order valence-corrected chi connectivity index (χ4v) is 5.01. The minimum atomic E-state index is -0.523. The van der Waals surface area contributed by atoms with Crippen LogP contribution in [0.15, 0.2) is 41.5 Å². The van der Waals surface area contributed by atoms with E-state index in [1.807, 2.05) is 24.3 Å². The molecule has 3 saturated heterocycles. The third kappa shape index (κ3) is 2.98. The van der Waals surface area contributed by atoms with Crippen LogP contribution in [0.5, 0.6) is 5.75 Å². The maximum Gasteiger partial charge on any atom is 0.119 e. The Hall–Kier alpha value is -1.43. The Morgan fingerprint density at radius 2 is 2.28 bits per heavy atom. The van der Waals surface area contributed by atoms with Gasteiger partial charge in [0, 0.05) is 30.1 Å². The molecule has 0 spiro atoms. The van der Waals surface area contributed by atoms with E-state index in [0.29, 0.717) is 11.8 Å². The Labute approximate surface area is 156 Å². The van der Waals surface area contributed by atoms with E-state index in [4.69, 9.17) is 4.74 Å². The van der Waals surface area contributed by atoms with Gasteiger partial charge in [-0.3, -0.25) is 9.88 Å².